The molecule has 7 nitrogen and oxygen atoms in total. The van der Waals surface area contributed by atoms with Crippen LogP contribution in [-0.2, 0) is 23.8 Å². The van der Waals surface area contributed by atoms with Crippen LogP contribution in [0, 0.1) is 0 Å². The highest BCUT2D eigenvalue weighted by Crippen LogP contribution is 2.28. The molecule has 3 rings (SSSR count). The molecule has 1 fully saturated rings. The molecule has 2 aromatic carbocycles. The van der Waals surface area contributed by atoms with Crippen molar-refractivity contribution in [2.45, 2.75) is 90.8 Å². The first-order valence-corrected chi connectivity index (χ1v) is 14.8. The lowest BCUT2D eigenvalue weighted by Gasteiger charge is -2.23. The van der Waals surface area contributed by atoms with E-state index in [1.54, 1.807) is 12.1 Å². The van der Waals surface area contributed by atoms with E-state index in [1.165, 1.54) is 25.4 Å². The summed E-state index contributed by atoms with van der Waals surface area (Å²) in [6, 6.07) is 14.9. The molecule has 1 unspecified atom stereocenters. The number of carbonyl (C=O) groups is 2. The number of hydrogen-bond acceptors (Lipinski definition) is 7. The van der Waals surface area contributed by atoms with Crippen molar-refractivity contribution in [3.63, 3.8) is 0 Å². The van der Waals surface area contributed by atoms with Crippen molar-refractivity contribution in [3.8, 4) is 11.5 Å². The maximum Gasteiger partial charge on any atom is 0.306 e. The van der Waals surface area contributed by atoms with Gasteiger partial charge in [-0.3, -0.25) is 9.59 Å². The van der Waals surface area contributed by atoms with E-state index in [-0.39, 0.29) is 35.8 Å². The minimum atomic E-state index is -0.228. The molecule has 0 aromatic heterocycles. The van der Waals surface area contributed by atoms with Crippen molar-refractivity contribution < 1.29 is 33.6 Å². The second kappa shape index (κ2) is 18.8. The van der Waals surface area contributed by atoms with E-state index in [4.69, 9.17) is 18.9 Å². The molecule has 0 aliphatic carbocycles. The van der Waals surface area contributed by atoms with Crippen molar-refractivity contribution in [2.24, 2.45) is 0 Å². The molecule has 1 aliphatic rings. The molecule has 0 amide bonds. The van der Waals surface area contributed by atoms with Gasteiger partial charge >= 0.3 is 11.9 Å². The van der Waals surface area contributed by atoms with Crippen LogP contribution in [0.15, 0.2) is 71.8 Å². The fraction of sp³-hybridized carbons (Fsp3) is 0.486. The van der Waals surface area contributed by atoms with Gasteiger partial charge in [-0.25, -0.2) is 0 Å². The molecule has 1 N–H and O–H groups in total. The number of methoxy groups -OCH3 is 2. The number of phenols is 1. The molecule has 42 heavy (non-hydrogen) atoms. The highest BCUT2D eigenvalue weighted by atomic mass is 16.7. The molecule has 0 bridgehead atoms. The van der Waals surface area contributed by atoms with E-state index < -0.39 is 0 Å². The smallest absolute Gasteiger partial charge is 0.306 e. The van der Waals surface area contributed by atoms with Crippen molar-refractivity contribution in [3.05, 3.63) is 83.0 Å². The third kappa shape index (κ3) is 12.5. The molecule has 1 aliphatic heterocycles. The van der Waals surface area contributed by atoms with Crippen LogP contribution in [0.2, 0.25) is 0 Å². The molecule has 3 atom stereocenters. The monoisotopic (exact) mass is 580 g/mol. The SMILES string of the molecule is CC/C(C)=C/[C@@H](CC(=O)OC)c1ccc(O)cc1.CC/C(C)=C/[C@@H](CC(=O)OC)c1ccc(OC2CCCCO2)cc1. The van der Waals surface area contributed by atoms with Crippen LogP contribution in [0.25, 0.3) is 0 Å². The van der Waals surface area contributed by atoms with Crippen LogP contribution < -0.4 is 4.74 Å². The summed E-state index contributed by atoms with van der Waals surface area (Å²) in [7, 11) is 2.82. The van der Waals surface area contributed by atoms with E-state index in [0.717, 1.165) is 55.6 Å². The average molecular weight is 581 g/mol. The van der Waals surface area contributed by atoms with Gasteiger partial charge in [-0.05, 0) is 74.9 Å². The largest absolute Gasteiger partial charge is 0.508 e. The fourth-order valence-corrected chi connectivity index (χ4v) is 4.47. The van der Waals surface area contributed by atoms with Crippen molar-refractivity contribution in [1.29, 1.82) is 0 Å². The van der Waals surface area contributed by atoms with Crippen LogP contribution in [0.1, 0.15) is 95.6 Å². The third-order valence-electron chi connectivity index (χ3n) is 7.35. The van der Waals surface area contributed by atoms with E-state index >= 15 is 0 Å². The molecule has 2 aromatic rings. The maximum absolute atomic E-state index is 11.7. The van der Waals surface area contributed by atoms with Crippen LogP contribution >= 0.6 is 0 Å². The Morgan fingerprint density at radius 1 is 0.833 bits per heavy atom. The lowest BCUT2D eigenvalue weighted by molar-refractivity contribution is -0.141. The van der Waals surface area contributed by atoms with E-state index in [1.807, 2.05) is 43.3 Å². The Kier molecular flexibility index (Phi) is 15.5. The number of benzene rings is 2. The van der Waals surface area contributed by atoms with Crippen LogP contribution in [0.5, 0.6) is 11.5 Å². The summed E-state index contributed by atoms with van der Waals surface area (Å²) in [6.45, 7) is 9.10. The van der Waals surface area contributed by atoms with Gasteiger partial charge in [0.05, 0.1) is 33.7 Å². The number of allylic oxidation sites excluding steroid dienone is 4. The first-order chi connectivity index (χ1) is 20.2. The number of phenolic OH excluding ortho intramolecular Hbond substituents is 1. The van der Waals surface area contributed by atoms with Crippen molar-refractivity contribution in [1.82, 2.24) is 0 Å². The van der Waals surface area contributed by atoms with Gasteiger partial charge in [0.2, 0.25) is 0 Å². The summed E-state index contributed by atoms with van der Waals surface area (Å²) in [5.41, 5.74) is 4.59. The molecule has 0 spiro atoms. The first kappa shape index (κ1) is 34.6. The normalized spacial score (nSPS) is 16.9. The summed E-state index contributed by atoms with van der Waals surface area (Å²) in [5.74, 6) is 0.630. The highest BCUT2D eigenvalue weighted by molar-refractivity contribution is 5.71. The van der Waals surface area contributed by atoms with Crippen LogP contribution in [0.4, 0.5) is 0 Å². The lowest BCUT2D eigenvalue weighted by atomic mass is 9.93. The topological polar surface area (TPSA) is 91.3 Å². The Morgan fingerprint density at radius 2 is 1.31 bits per heavy atom. The molecular formula is C35H48O7. The lowest BCUT2D eigenvalue weighted by Crippen LogP contribution is -2.24. The average Bonchev–Trinajstić information content (AvgIpc) is 3.01. The fourth-order valence-electron chi connectivity index (χ4n) is 4.47. The Labute approximate surface area is 251 Å². The third-order valence-corrected chi connectivity index (χ3v) is 7.35. The predicted octanol–water partition coefficient (Wildman–Crippen LogP) is 7.99. The van der Waals surface area contributed by atoms with Gasteiger partial charge in [0.25, 0.3) is 0 Å². The molecular weight excluding hydrogens is 532 g/mol. The zero-order chi connectivity index (χ0) is 30.9. The number of ether oxygens (including phenoxy) is 4. The molecule has 1 heterocycles. The summed E-state index contributed by atoms with van der Waals surface area (Å²) in [6.07, 6.45) is 9.87. The van der Waals surface area contributed by atoms with Crippen LogP contribution in [0.3, 0.4) is 0 Å². The van der Waals surface area contributed by atoms with E-state index in [2.05, 4.69) is 32.9 Å². The number of carbonyl (C=O) groups excluding carboxylic acids is 2. The summed E-state index contributed by atoms with van der Waals surface area (Å²) in [5, 5.41) is 9.29. The highest BCUT2D eigenvalue weighted by Gasteiger charge is 2.18. The second-order valence-corrected chi connectivity index (χ2v) is 10.6. The summed E-state index contributed by atoms with van der Waals surface area (Å²) < 4.78 is 21.0. The minimum absolute atomic E-state index is 0.00185. The first-order valence-electron chi connectivity index (χ1n) is 14.8. The van der Waals surface area contributed by atoms with Crippen molar-refractivity contribution in [2.75, 3.05) is 20.8 Å². The van der Waals surface area contributed by atoms with Gasteiger partial charge in [-0.1, -0.05) is 61.4 Å². The van der Waals surface area contributed by atoms with Gasteiger partial charge < -0.3 is 24.1 Å². The molecule has 7 heteroatoms. The zero-order valence-electron chi connectivity index (χ0n) is 26.1. The van der Waals surface area contributed by atoms with Gasteiger partial charge in [0.15, 0.2) is 6.29 Å². The van der Waals surface area contributed by atoms with Gasteiger partial charge in [0.1, 0.15) is 11.5 Å². The molecule has 0 saturated carbocycles. The zero-order valence-corrected chi connectivity index (χ0v) is 26.1. The minimum Gasteiger partial charge on any atom is -0.508 e. The Hall–Kier alpha value is -3.58. The number of hydrogen-bond donors (Lipinski definition) is 1. The Balaban J connectivity index is 0.000000307. The number of esters is 2. The van der Waals surface area contributed by atoms with Gasteiger partial charge in [0, 0.05) is 18.3 Å². The van der Waals surface area contributed by atoms with Gasteiger partial charge in [-0.15, -0.1) is 0 Å². The Bertz CT molecular complexity index is 1140. The quantitative estimate of drug-likeness (QED) is 0.201. The standard InChI is InChI=1S/C20H28O4.C15H20O3/c1-4-15(2)13-17(14-19(21)22-3)16-8-10-18(11-9-16)24-20-7-5-6-12-23-20;1-4-11(2)9-13(10-15(17)18-3)12-5-7-14(16)8-6-12/h8-11,13,17,20H,4-7,12,14H2,1-3H3;5-9,13,16H,4,10H2,1-3H3/b15-13+;11-9+/t17-,20?;13-/m00/s1. The maximum atomic E-state index is 11.7. The second-order valence-electron chi connectivity index (χ2n) is 10.6. The summed E-state index contributed by atoms with van der Waals surface area (Å²) >= 11 is 0. The number of rotatable bonds is 12. The molecule has 0 radical (unpaired) electrons. The molecule has 230 valence electrons. The number of aromatic hydroxyl groups is 1. The van der Waals surface area contributed by atoms with E-state index in [0.29, 0.717) is 12.8 Å². The Morgan fingerprint density at radius 3 is 1.71 bits per heavy atom. The van der Waals surface area contributed by atoms with Crippen LogP contribution in [-0.4, -0.2) is 44.2 Å². The van der Waals surface area contributed by atoms with Gasteiger partial charge in [-0.2, -0.15) is 0 Å². The summed E-state index contributed by atoms with van der Waals surface area (Å²) in [4.78, 5) is 23.1. The molecule has 1 saturated heterocycles. The van der Waals surface area contributed by atoms with Crippen molar-refractivity contribution >= 4 is 11.9 Å². The predicted molar refractivity (Wildman–Crippen MR) is 166 cm³/mol. The van der Waals surface area contributed by atoms with E-state index in [9.17, 15) is 14.7 Å².